The Morgan fingerprint density at radius 3 is 2.87 bits per heavy atom. The first-order valence-corrected chi connectivity index (χ1v) is 10.2. The fraction of sp³-hybridized carbons (Fsp3) is 0.529. The highest BCUT2D eigenvalue weighted by Gasteiger charge is 2.40. The van der Waals surface area contributed by atoms with Crippen molar-refractivity contribution < 1.29 is 4.79 Å². The number of nitrogens with zero attached hydrogens (tertiary/aromatic N) is 2. The van der Waals surface area contributed by atoms with Gasteiger partial charge >= 0.3 is 0 Å². The molecule has 0 aliphatic carbocycles. The van der Waals surface area contributed by atoms with Gasteiger partial charge in [-0.15, -0.1) is 23.1 Å². The van der Waals surface area contributed by atoms with Crippen molar-refractivity contribution in [1.29, 1.82) is 0 Å². The molecule has 0 radical (unpaired) electrons. The molecular formula is C17H21N3OS2. The summed E-state index contributed by atoms with van der Waals surface area (Å²) in [5, 5.41) is 4.38. The van der Waals surface area contributed by atoms with Gasteiger partial charge in [0.15, 0.2) is 0 Å². The highest BCUT2D eigenvalue weighted by Crippen LogP contribution is 2.33. The first-order valence-electron chi connectivity index (χ1n) is 8.14. The molecule has 0 saturated carbocycles. The van der Waals surface area contributed by atoms with Gasteiger partial charge in [0, 0.05) is 28.4 Å². The minimum Gasteiger partial charge on any atom is -0.346 e. The van der Waals surface area contributed by atoms with Gasteiger partial charge in [-0.1, -0.05) is 0 Å². The third kappa shape index (κ3) is 2.77. The van der Waals surface area contributed by atoms with Crippen LogP contribution in [0.25, 0.3) is 10.1 Å². The van der Waals surface area contributed by atoms with Crippen LogP contribution >= 0.6 is 23.1 Å². The number of pyridine rings is 1. The molecule has 4 nitrogen and oxygen atoms in total. The molecule has 6 heteroatoms. The molecule has 0 aromatic carbocycles. The smallest absolute Gasteiger partial charge is 0.270 e. The Bertz CT molecular complexity index is 735. The maximum atomic E-state index is 12.7. The fourth-order valence-electron chi connectivity index (χ4n) is 3.90. The van der Waals surface area contributed by atoms with E-state index in [1.165, 1.54) is 30.1 Å². The molecule has 1 amide bonds. The maximum absolute atomic E-state index is 12.7. The van der Waals surface area contributed by atoms with Crippen molar-refractivity contribution in [3.63, 3.8) is 0 Å². The number of nitrogens with one attached hydrogen (secondary N) is 1. The maximum Gasteiger partial charge on any atom is 0.270 e. The Morgan fingerprint density at radius 1 is 1.39 bits per heavy atom. The fourth-order valence-corrected chi connectivity index (χ4v) is 5.55. The average molecular weight is 348 g/mol. The van der Waals surface area contributed by atoms with E-state index >= 15 is 0 Å². The highest BCUT2D eigenvalue weighted by molar-refractivity contribution is 8.00. The third-order valence-corrected chi connectivity index (χ3v) is 7.45. The van der Waals surface area contributed by atoms with Gasteiger partial charge in [-0.05, 0) is 57.2 Å². The van der Waals surface area contributed by atoms with Crippen LogP contribution in [0.1, 0.15) is 30.3 Å². The van der Waals surface area contributed by atoms with Gasteiger partial charge in [-0.3, -0.25) is 14.7 Å². The molecule has 1 N–H and O–H groups in total. The highest BCUT2D eigenvalue weighted by atomic mass is 32.2. The van der Waals surface area contributed by atoms with E-state index in [9.17, 15) is 4.79 Å². The SMILES string of the molecule is CSc1cc2cnc(C(=O)N[C@@H]3C4CCN(CC4)[C@H]3C)cc2s1. The van der Waals surface area contributed by atoms with E-state index < -0.39 is 0 Å². The number of thioether (sulfide) groups is 1. The first-order chi connectivity index (χ1) is 11.2. The molecule has 0 spiro atoms. The molecule has 2 bridgehead atoms. The molecule has 5 rings (SSSR count). The number of carbonyl (C=O) groups is 1. The van der Waals surface area contributed by atoms with Crippen molar-refractivity contribution in [3.8, 4) is 0 Å². The summed E-state index contributed by atoms with van der Waals surface area (Å²) >= 11 is 3.45. The Balaban J connectivity index is 1.54. The largest absolute Gasteiger partial charge is 0.346 e. The number of aromatic nitrogens is 1. The molecule has 3 saturated heterocycles. The van der Waals surface area contributed by atoms with Crippen LogP contribution in [0.4, 0.5) is 0 Å². The molecule has 0 unspecified atom stereocenters. The van der Waals surface area contributed by atoms with E-state index in [4.69, 9.17) is 0 Å². The van der Waals surface area contributed by atoms with E-state index in [1.807, 2.05) is 12.3 Å². The second-order valence-corrected chi connectivity index (χ2v) is 8.68. The van der Waals surface area contributed by atoms with E-state index in [0.717, 1.165) is 10.1 Å². The Morgan fingerprint density at radius 2 is 2.17 bits per heavy atom. The van der Waals surface area contributed by atoms with Crippen LogP contribution in [-0.4, -0.2) is 47.2 Å². The monoisotopic (exact) mass is 347 g/mol. The zero-order chi connectivity index (χ0) is 16.0. The van der Waals surface area contributed by atoms with Crippen molar-refractivity contribution in [1.82, 2.24) is 15.2 Å². The lowest BCUT2D eigenvalue weighted by atomic mass is 9.79. The predicted molar refractivity (Wildman–Crippen MR) is 96.4 cm³/mol. The van der Waals surface area contributed by atoms with Crippen LogP contribution in [0, 0.1) is 5.92 Å². The summed E-state index contributed by atoms with van der Waals surface area (Å²) in [4.78, 5) is 19.5. The Kier molecular flexibility index (Phi) is 4.07. The number of piperidine rings is 3. The summed E-state index contributed by atoms with van der Waals surface area (Å²) in [5.41, 5.74) is 0.538. The van der Waals surface area contributed by atoms with Crippen LogP contribution in [0.15, 0.2) is 22.5 Å². The lowest BCUT2D eigenvalue weighted by Gasteiger charge is -2.49. The zero-order valence-corrected chi connectivity index (χ0v) is 15.0. The Hall–Kier alpha value is -1.11. The van der Waals surface area contributed by atoms with E-state index in [0.29, 0.717) is 17.7 Å². The number of carbonyl (C=O) groups excluding carboxylic acids is 1. The summed E-state index contributed by atoms with van der Waals surface area (Å²) < 4.78 is 2.39. The molecule has 3 aliphatic rings. The van der Waals surface area contributed by atoms with Crippen LogP contribution < -0.4 is 5.32 Å². The molecule has 2 atom stereocenters. The number of amides is 1. The van der Waals surface area contributed by atoms with Crippen LogP contribution in [0.3, 0.4) is 0 Å². The quantitative estimate of drug-likeness (QED) is 0.866. The standard InChI is InChI=1S/C17H21N3OS2/c1-10-16(11-3-5-20(10)6-4-11)19-17(21)13-8-14-12(9-18-13)7-15(22-2)23-14/h7-11,16H,3-6H2,1-2H3,(H,19,21)/t10-,16-/m0/s1. The number of rotatable bonds is 3. The summed E-state index contributed by atoms with van der Waals surface area (Å²) in [6, 6.07) is 4.75. The molecule has 2 aromatic rings. The normalized spacial score (nSPS) is 29.8. The predicted octanol–water partition coefficient (Wildman–Crippen LogP) is 3.23. The van der Waals surface area contributed by atoms with Gasteiger partial charge in [0.05, 0.1) is 4.21 Å². The summed E-state index contributed by atoms with van der Waals surface area (Å²) in [6.45, 7) is 4.58. The van der Waals surface area contributed by atoms with Crippen LogP contribution in [0.5, 0.6) is 0 Å². The lowest BCUT2D eigenvalue weighted by molar-refractivity contribution is 0.0216. The molecular weight excluding hydrogens is 326 g/mol. The van der Waals surface area contributed by atoms with E-state index in [2.05, 4.69) is 34.4 Å². The number of hydrogen-bond donors (Lipinski definition) is 1. The first kappa shape index (κ1) is 15.4. The van der Waals surface area contributed by atoms with Crippen molar-refractivity contribution in [2.45, 2.75) is 36.1 Å². The molecule has 3 fully saturated rings. The van der Waals surface area contributed by atoms with Gasteiger partial charge in [0.25, 0.3) is 5.91 Å². The number of hydrogen-bond acceptors (Lipinski definition) is 5. The van der Waals surface area contributed by atoms with Gasteiger partial charge < -0.3 is 5.32 Å². The summed E-state index contributed by atoms with van der Waals surface area (Å²) in [7, 11) is 0. The molecule has 23 heavy (non-hydrogen) atoms. The topological polar surface area (TPSA) is 45.2 Å². The van der Waals surface area contributed by atoms with Crippen LogP contribution in [-0.2, 0) is 0 Å². The third-order valence-electron chi connectivity index (χ3n) is 5.29. The number of fused-ring (bicyclic) bond motifs is 4. The van der Waals surface area contributed by atoms with Crippen molar-refractivity contribution in [2.75, 3.05) is 19.3 Å². The lowest BCUT2D eigenvalue weighted by Crippen LogP contribution is -2.62. The van der Waals surface area contributed by atoms with E-state index in [-0.39, 0.29) is 11.9 Å². The second-order valence-electron chi connectivity index (χ2n) is 6.49. The van der Waals surface area contributed by atoms with E-state index in [1.54, 1.807) is 23.1 Å². The minimum absolute atomic E-state index is 0.0309. The van der Waals surface area contributed by atoms with Gasteiger partial charge in [0.1, 0.15) is 5.69 Å². The van der Waals surface area contributed by atoms with Crippen LogP contribution in [0.2, 0.25) is 0 Å². The molecule has 5 heterocycles. The van der Waals surface area contributed by atoms with Crippen molar-refractivity contribution in [2.24, 2.45) is 5.92 Å². The van der Waals surface area contributed by atoms with Crippen molar-refractivity contribution in [3.05, 3.63) is 24.0 Å². The second kappa shape index (κ2) is 6.07. The summed E-state index contributed by atoms with van der Waals surface area (Å²) in [5.74, 6) is 0.587. The zero-order valence-electron chi connectivity index (χ0n) is 13.4. The van der Waals surface area contributed by atoms with Gasteiger partial charge in [0.2, 0.25) is 0 Å². The molecule has 3 aliphatic heterocycles. The number of thiophene rings is 1. The Labute approximate surface area is 144 Å². The minimum atomic E-state index is -0.0309. The molecule has 122 valence electrons. The van der Waals surface area contributed by atoms with Crippen molar-refractivity contribution >= 4 is 39.1 Å². The average Bonchev–Trinajstić information content (AvgIpc) is 3.00. The summed E-state index contributed by atoms with van der Waals surface area (Å²) in [6.07, 6.45) is 6.29. The molecule has 2 aromatic heterocycles. The van der Waals surface area contributed by atoms with Gasteiger partial charge in [-0.25, -0.2) is 0 Å². The van der Waals surface area contributed by atoms with Gasteiger partial charge in [-0.2, -0.15) is 0 Å².